The molecule has 144 valence electrons. The Hall–Kier alpha value is -3.19. The number of carbonyl (C=O) groups is 1. The quantitative estimate of drug-likeness (QED) is 0.687. The van der Waals surface area contributed by atoms with E-state index in [1.54, 1.807) is 41.3 Å². The van der Waals surface area contributed by atoms with Gasteiger partial charge in [-0.15, -0.1) is 0 Å². The maximum absolute atomic E-state index is 12.0. The van der Waals surface area contributed by atoms with Crippen LogP contribution in [0.1, 0.15) is 0 Å². The number of nitrogens with zero attached hydrogens (tertiary/aromatic N) is 2. The Labute approximate surface area is 166 Å². The minimum Gasteiger partial charge on any atom is -0.486 e. The fourth-order valence-electron chi connectivity index (χ4n) is 2.77. The summed E-state index contributed by atoms with van der Waals surface area (Å²) < 4.78 is 18.7. The molecule has 1 N–H and O–H groups in total. The summed E-state index contributed by atoms with van der Waals surface area (Å²) in [5.74, 6) is 1.76. The molecule has 8 heteroatoms. The van der Waals surface area contributed by atoms with Crippen molar-refractivity contribution < 1.29 is 19.0 Å². The molecule has 1 aliphatic rings. The number of aromatic nitrogens is 2. The number of para-hydroxylation sites is 2. The second-order valence-corrected chi connectivity index (χ2v) is 6.68. The Morgan fingerprint density at radius 3 is 2.82 bits per heavy atom. The van der Waals surface area contributed by atoms with Crippen molar-refractivity contribution in [1.29, 1.82) is 0 Å². The van der Waals surface area contributed by atoms with Crippen LogP contribution in [0.15, 0.2) is 60.9 Å². The molecule has 0 aliphatic carbocycles. The summed E-state index contributed by atoms with van der Waals surface area (Å²) in [6.45, 7) is 0.835. The molecule has 0 saturated carbocycles. The molecule has 3 aromatic rings. The Morgan fingerprint density at radius 2 is 2.00 bits per heavy atom. The van der Waals surface area contributed by atoms with Crippen molar-refractivity contribution in [2.45, 2.75) is 12.6 Å². The molecule has 1 amide bonds. The van der Waals surface area contributed by atoms with E-state index in [4.69, 9.17) is 25.8 Å². The van der Waals surface area contributed by atoms with Crippen LogP contribution in [0.25, 0.3) is 0 Å². The summed E-state index contributed by atoms with van der Waals surface area (Å²) in [6, 6.07) is 14.4. The standard InChI is InChI=1S/C20H18ClN3O4/c21-14-5-7-16(8-6-14)26-13-20(25)23-15-9-22-24(10-15)11-17-12-27-18-3-1-2-4-19(18)28-17/h1-10,17H,11-13H2,(H,23,25)/t17-/m1/s1. The number of anilines is 1. The molecule has 28 heavy (non-hydrogen) atoms. The number of rotatable bonds is 6. The largest absolute Gasteiger partial charge is 0.486 e. The molecular weight excluding hydrogens is 382 g/mol. The molecule has 0 bridgehead atoms. The van der Waals surface area contributed by atoms with Gasteiger partial charge < -0.3 is 19.5 Å². The van der Waals surface area contributed by atoms with Gasteiger partial charge in [-0.3, -0.25) is 9.48 Å². The Balaban J connectivity index is 1.27. The lowest BCUT2D eigenvalue weighted by Gasteiger charge is -2.26. The van der Waals surface area contributed by atoms with E-state index in [1.165, 1.54) is 0 Å². The monoisotopic (exact) mass is 399 g/mol. The average Bonchev–Trinajstić information content (AvgIpc) is 3.14. The van der Waals surface area contributed by atoms with Crippen LogP contribution < -0.4 is 19.5 Å². The average molecular weight is 400 g/mol. The van der Waals surface area contributed by atoms with E-state index >= 15 is 0 Å². The zero-order chi connectivity index (χ0) is 19.3. The van der Waals surface area contributed by atoms with Crippen molar-refractivity contribution >= 4 is 23.2 Å². The number of carbonyl (C=O) groups excluding carboxylic acids is 1. The molecule has 7 nitrogen and oxygen atoms in total. The first-order valence-corrected chi connectivity index (χ1v) is 9.13. The van der Waals surface area contributed by atoms with Crippen LogP contribution in [0.5, 0.6) is 17.2 Å². The highest BCUT2D eigenvalue weighted by Gasteiger charge is 2.21. The molecule has 2 heterocycles. The van der Waals surface area contributed by atoms with Crippen LogP contribution in [0.4, 0.5) is 5.69 Å². The third-order valence-corrected chi connectivity index (χ3v) is 4.31. The number of halogens is 1. The fourth-order valence-corrected chi connectivity index (χ4v) is 2.89. The van der Waals surface area contributed by atoms with Crippen molar-refractivity contribution in [3.63, 3.8) is 0 Å². The maximum atomic E-state index is 12.0. The Morgan fingerprint density at radius 1 is 1.21 bits per heavy atom. The van der Waals surface area contributed by atoms with Crippen LogP contribution >= 0.6 is 11.6 Å². The van der Waals surface area contributed by atoms with E-state index in [1.807, 2.05) is 24.3 Å². The van der Waals surface area contributed by atoms with Crippen LogP contribution in [-0.4, -0.2) is 35.0 Å². The number of hydrogen-bond acceptors (Lipinski definition) is 5. The molecule has 0 radical (unpaired) electrons. The first kappa shape index (κ1) is 18.2. The first-order chi connectivity index (χ1) is 13.7. The van der Waals surface area contributed by atoms with Gasteiger partial charge in [0.05, 0.1) is 18.4 Å². The summed E-state index contributed by atoms with van der Waals surface area (Å²) in [6.07, 6.45) is 3.16. The topological polar surface area (TPSA) is 74.6 Å². The fraction of sp³-hybridized carbons (Fsp3) is 0.200. The molecule has 0 saturated heterocycles. The summed E-state index contributed by atoms with van der Waals surface area (Å²) >= 11 is 5.82. The summed E-state index contributed by atoms with van der Waals surface area (Å²) in [4.78, 5) is 12.0. The predicted molar refractivity (Wildman–Crippen MR) is 104 cm³/mol. The van der Waals surface area contributed by atoms with Gasteiger partial charge in [-0.1, -0.05) is 23.7 Å². The number of fused-ring (bicyclic) bond motifs is 1. The number of amides is 1. The van der Waals surface area contributed by atoms with Crippen LogP contribution in [0.3, 0.4) is 0 Å². The molecular formula is C20H18ClN3O4. The van der Waals surface area contributed by atoms with Crippen molar-refractivity contribution in [3.05, 3.63) is 65.9 Å². The van der Waals surface area contributed by atoms with Crippen molar-refractivity contribution in [2.24, 2.45) is 0 Å². The second kappa shape index (κ2) is 8.22. The van der Waals surface area contributed by atoms with Crippen LogP contribution in [0.2, 0.25) is 5.02 Å². The SMILES string of the molecule is O=C(COc1ccc(Cl)cc1)Nc1cnn(C[C@@H]2COc3ccccc3O2)c1. The summed E-state index contributed by atoms with van der Waals surface area (Å²) in [5.41, 5.74) is 0.585. The molecule has 1 atom stereocenters. The first-order valence-electron chi connectivity index (χ1n) is 8.75. The third kappa shape index (κ3) is 4.55. The van der Waals surface area contributed by atoms with Gasteiger partial charge in [0.25, 0.3) is 5.91 Å². The highest BCUT2D eigenvalue weighted by atomic mass is 35.5. The predicted octanol–water partition coefficient (Wildman–Crippen LogP) is 3.39. The highest BCUT2D eigenvalue weighted by Crippen LogP contribution is 2.31. The van der Waals surface area contributed by atoms with Gasteiger partial charge in [0.15, 0.2) is 24.2 Å². The zero-order valence-electron chi connectivity index (χ0n) is 14.9. The number of nitrogens with one attached hydrogen (secondary N) is 1. The lowest BCUT2D eigenvalue weighted by molar-refractivity contribution is -0.118. The van der Waals surface area contributed by atoms with Crippen molar-refractivity contribution in [3.8, 4) is 17.2 Å². The van der Waals surface area contributed by atoms with Crippen molar-refractivity contribution in [1.82, 2.24) is 9.78 Å². The zero-order valence-corrected chi connectivity index (χ0v) is 15.6. The van der Waals surface area contributed by atoms with Gasteiger partial charge in [0.2, 0.25) is 0 Å². The van der Waals surface area contributed by atoms with Gasteiger partial charge in [-0.05, 0) is 36.4 Å². The smallest absolute Gasteiger partial charge is 0.262 e. The molecule has 0 fully saturated rings. The van der Waals surface area contributed by atoms with Gasteiger partial charge >= 0.3 is 0 Å². The Kier molecular flexibility index (Phi) is 5.34. The van der Waals surface area contributed by atoms with Crippen LogP contribution in [0, 0.1) is 0 Å². The van der Waals surface area contributed by atoms with Gasteiger partial charge in [0.1, 0.15) is 12.4 Å². The summed E-state index contributed by atoms with van der Waals surface area (Å²) in [7, 11) is 0. The van der Waals surface area contributed by atoms with E-state index in [-0.39, 0.29) is 18.6 Å². The molecule has 0 unspecified atom stereocenters. The van der Waals surface area contributed by atoms with Crippen molar-refractivity contribution in [2.75, 3.05) is 18.5 Å². The lowest BCUT2D eigenvalue weighted by atomic mass is 10.2. The number of benzene rings is 2. The lowest BCUT2D eigenvalue weighted by Crippen LogP contribution is -2.33. The highest BCUT2D eigenvalue weighted by molar-refractivity contribution is 6.30. The minimum absolute atomic E-state index is 0.108. The Bertz CT molecular complexity index is 958. The molecule has 0 spiro atoms. The number of ether oxygens (including phenoxy) is 3. The van der Waals surface area contributed by atoms with Gasteiger partial charge in [0, 0.05) is 11.2 Å². The van der Waals surface area contributed by atoms with E-state index < -0.39 is 0 Å². The second-order valence-electron chi connectivity index (χ2n) is 6.24. The molecule has 1 aliphatic heterocycles. The van der Waals surface area contributed by atoms with E-state index in [9.17, 15) is 4.79 Å². The minimum atomic E-state index is -0.277. The summed E-state index contributed by atoms with van der Waals surface area (Å²) in [5, 5.41) is 7.62. The van der Waals surface area contributed by atoms with Gasteiger partial charge in [-0.2, -0.15) is 5.10 Å². The molecule has 4 rings (SSSR count). The van der Waals surface area contributed by atoms with Crippen LogP contribution in [-0.2, 0) is 11.3 Å². The normalized spacial score (nSPS) is 15.1. The maximum Gasteiger partial charge on any atom is 0.262 e. The number of hydrogen-bond donors (Lipinski definition) is 1. The van der Waals surface area contributed by atoms with E-state index in [2.05, 4.69) is 10.4 Å². The third-order valence-electron chi connectivity index (χ3n) is 4.06. The van der Waals surface area contributed by atoms with E-state index in [0.29, 0.717) is 29.6 Å². The van der Waals surface area contributed by atoms with E-state index in [0.717, 1.165) is 11.5 Å². The molecule has 1 aromatic heterocycles. The van der Waals surface area contributed by atoms with Gasteiger partial charge in [-0.25, -0.2) is 0 Å². The molecule has 2 aromatic carbocycles.